The summed E-state index contributed by atoms with van der Waals surface area (Å²) in [5.41, 5.74) is 0.710. The lowest BCUT2D eigenvalue weighted by Gasteiger charge is -2.04. The van der Waals surface area contributed by atoms with E-state index in [1.54, 1.807) is 30.3 Å². The van der Waals surface area contributed by atoms with Gasteiger partial charge < -0.3 is 9.15 Å². The van der Waals surface area contributed by atoms with Crippen molar-refractivity contribution in [3.05, 3.63) is 60.4 Å². The lowest BCUT2D eigenvalue weighted by atomic mass is 10.2. The Hall–Kier alpha value is -3.20. The predicted octanol–water partition coefficient (Wildman–Crippen LogP) is 3.15. The second-order valence-electron chi connectivity index (χ2n) is 5.21. The van der Waals surface area contributed by atoms with Crippen LogP contribution >= 0.6 is 11.8 Å². The lowest BCUT2D eigenvalue weighted by molar-refractivity contribution is -0.144. The van der Waals surface area contributed by atoms with Crippen LogP contribution in [0, 0.1) is 5.82 Å². The molecule has 0 aliphatic rings. The van der Waals surface area contributed by atoms with E-state index in [9.17, 15) is 14.0 Å². The minimum absolute atomic E-state index is 0.101. The molecule has 0 saturated carbocycles. The van der Waals surface area contributed by atoms with Crippen molar-refractivity contribution >= 4 is 29.7 Å². The second-order valence-corrected chi connectivity index (χ2v) is 6.22. The fourth-order valence-corrected chi connectivity index (χ4v) is 2.75. The number of rotatable bonds is 7. The van der Waals surface area contributed by atoms with Gasteiger partial charge in [0, 0.05) is 10.5 Å². The molecule has 3 aromatic rings. The standard InChI is InChI=1S/C18H14FN3O4S/c19-13-8-4-5-9-14(13)27-11-16(24)25-10-15(23)20-18-22-21-17(26-18)12-6-2-1-3-7-12/h1-9H,10-11H2,(H,20,22,23). The summed E-state index contributed by atoms with van der Waals surface area (Å²) < 4.78 is 23.6. The maximum absolute atomic E-state index is 13.5. The van der Waals surface area contributed by atoms with E-state index in [4.69, 9.17) is 9.15 Å². The van der Waals surface area contributed by atoms with Crippen LogP contribution in [0.4, 0.5) is 10.4 Å². The third-order valence-corrected chi connectivity index (χ3v) is 4.26. The number of hydrogen-bond acceptors (Lipinski definition) is 7. The summed E-state index contributed by atoms with van der Waals surface area (Å²) in [6.07, 6.45) is 0. The van der Waals surface area contributed by atoms with Gasteiger partial charge in [0.2, 0.25) is 5.89 Å². The zero-order valence-electron chi connectivity index (χ0n) is 13.9. The Morgan fingerprint density at radius 1 is 1.07 bits per heavy atom. The average Bonchev–Trinajstić information content (AvgIpc) is 3.15. The number of hydrogen-bond donors (Lipinski definition) is 1. The number of aromatic nitrogens is 2. The number of esters is 1. The monoisotopic (exact) mass is 387 g/mol. The molecule has 3 rings (SSSR count). The number of thioether (sulfide) groups is 1. The molecule has 27 heavy (non-hydrogen) atoms. The maximum atomic E-state index is 13.5. The van der Waals surface area contributed by atoms with Crippen molar-refractivity contribution in [3.8, 4) is 11.5 Å². The van der Waals surface area contributed by atoms with Crippen molar-refractivity contribution in [3.63, 3.8) is 0 Å². The summed E-state index contributed by atoms with van der Waals surface area (Å²) in [4.78, 5) is 23.8. The number of carbonyl (C=O) groups is 2. The van der Waals surface area contributed by atoms with Gasteiger partial charge in [-0.1, -0.05) is 35.4 Å². The highest BCUT2D eigenvalue weighted by molar-refractivity contribution is 8.00. The summed E-state index contributed by atoms with van der Waals surface area (Å²) in [6, 6.07) is 15.0. The van der Waals surface area contributed by atoms with Crippen molar-refractivity contribution in [2.45, 2.75) is 4.90 Å². The van der Waals surface area contributed by atoms with Crippen LogP contribution in [-0.4, -0.2) is 34.4 Å². The molecule has 1 aromatic heterocycles. The van der Waals surface area contributed by atoms with Crippen LogP contribution in [-0.2, 0) is 14.3 Å². The highest BCUT2D eigenvalue weighted by Gasteiger charge is 2.13. The minimum atomic E-state index is -0.645. The third-order valence-electron chi connectivity index (χ3n) is 3.24. The predicted molar refractivity (Wildman–Crippen MR) is 96.4 cm³/mol. The quantitative estimate of drug-likeness (QED) is 0.491. The Morgan fingerprint density at radius 2 is 1.81 bits per heavy atom. The Kier molecular flexibility index (Phi) is 6.16. The Morgan fingerprint density at radius 3 is 2.59 bits per heavy atom. The fourth-order valence-electron chi connectivity index (χ4n) is 2.01. The van der Waals surface area contributed by atoms with E-state index in [1.807, 2.05) is 18.2 Å². The van der Waals surface area contributed by atoms with Gasteiger partial charge in [0.25, 0.3) is 5.91 Å². The van der Waals surface area contributed by atoms with Gasteiger partial charge in [-0.25, -0.2) is 4.39 Å². The number of anilines is 1. The van der Waals surface area contributed by atoms with Gasteiger partial charge in [-0.2, -0.15) is 0 Å². The number of halogens is 1. The summed E-state index contributed by atoms with van der Waals surface area (Å²) in [7, 11) is 0. The van der Waals surface area contributed by atoms with Crippen LogP contribution in [0.15, 0.2) is 63.9 Å². The van der Waals surface area contributed by atoms with Gasteiger partial charge in [-0.3, -0.25) is 14.9 Å². The SMILES string of the molecule is O=C(COC(=O)CSc1ccccc1F)Nc1nnc(-c2ccccc2)o1. The molecule has 1 heterocycles. The fraction of sp³-hybridized carbons (Fsp3) is 0.111. The van der Waals surface area contributed by atoms with Crippen LogP contribution in [0.25, 0.3) is 11.5 Å². The maximum Gasteiger partial charge on any atom is 0.322 e. The number of amides is 1. The summed E-state index contributed by atoms with van der Waals surface area (Å²) in [5, 5.41) is 9.89. The largest absolute Gasteiger partial charge is 0.455 e. The molecule has 0 atom stereocenters. The third kappa shape index (κ3) is 5.38. The molecule has 1 amide bonds. The zero-order chi connectivity index (χ0) is 19.1. The van der Waals surface area contributed by atoms with Gasteiger partial charge in [0.15, 0.2) is 6.61 Å². The van der Waals surface area contributed by atoms with Crippen molar-refractivity contribution in [1.29, 1.82) is 0 Å². The Bertz CT molecular complexity index is 933. The molecule has 0 bridgehead atoms. The molecular formula is C18H14FN3O4S. The molecule has 0 aliphatic carbocycles. The van der Waals surface area contributed by atoms with Gasteiger partial charge in [-0.15, -0.1) is 16.9 Å². The molecule has 7 nitrogen and oxygen atoms in total. The molecule has 0 saturated heterocycles. The summed E-state index contributed by atoms with van der Waals surface area (Å²) >= 11 is 0.990. The van der Waals surface area contributed by atoms with Gasteiger partial charge in [0.05, 0.1) is 5.75 Å². The molecular weight excluding hydrogens is 373 g/mol. The topological polar surface area (TPSA) is 94.3 Å². The van der Waals surface area contributed by atoms with E-state index in [2.05, 4.69) is 15.5 Å². The van der Waals surface area contributed by atoms with Crippen LogP contribution < -0.4 is 5.32 Å². The number of ether oxygens (including phenoxy) is 1. The van der Waals surface area contributed by atoms with Gasteiger partial charge >= 0.3 is 12.0 Å². The Balaban J connectivity index is 1.44. The highest BCUT2D eigenvalue weighted by Crippen LogP contribution is 2.21. The molecule has 2 aromatic carbocycles. The van der Waals surface area contributed by atoms with Crippen molar-refractivity contribution < 1.29 is 23.1 Å². The molecule has 0 radical (unpaired) electrons. The van der Waals surface area contributed by atoms with E-state index in [0.717, 1.165) is 11.8 Å². The summed E-state index contributed by atoms with van der Waals surface area (Å²) in [5.74, 6) is -1.55. The molecule has 0 spiro atoms. The normalized spacial score (nSPS) is 10.4. The number of nitrogens with zero attached hydrogens (tertiary/aromatic N) is 2. The van der Waals surface area contributed by atoms with Crippen molar-refractivity contribution in [1.82, 2.24) is 10.2 Å². The zero-order valence-corrected chi connectivity index (χ0v) is 14.7. The summed E-state index contributed by atoms with van der Waals surface area (Å²) in [6.45, 7) is -0.514. The second kappa shape index (κ2) is 8.95. The first-order chi connectivity index (χ1) is 13.1. The van der Waals surface area contributed by atoms with Crippen LogP contribution in [0.5, 0.6) is 0 Å². The molecule has 9 heteroatoms. The first kappa shape index (κ1) is 18.6. The first-order valence-corrected chi connectivity index (χ1v) is 8.82. The van der Waals surface area contributed by atoms with Crippen LogP contribution in [0.2, 0.25) is 0 Å². The van der Waals surface area contributed by atoms with Gasteiger partial charge in [0.1, 0.15) is 5.82 Å². The van der Waals surface area contributed by atoms with E-state index in [-0.39, 0.29) is 17.7 Å². The van der Waals surface area contributed by atoms with E-state index >= 15 is 0 Å². The van der Waals surface area contributed by atoms with Crippen molar-refractivity contribution in [2.24, 2.45) is 0 Å². The smallest absolute Gasteiger partial charge is 0.322 e. The lowest BCUT2D eigenvalue weighted by Crippen LogP contribution is -2.21. The molecule has 0 fully saturated rings. The van der Waals surface area contributed by atoms with E-state index in [0.29, 0.717) is 10.5 Å². The van der Waals surface area contributed by atoms with E-state index in [1.165, 1.54) is 6.07 Å². The van der Waals surface area contributed by atoms with Crippen LogP contribution in [0.1, 0.15) is 0 Å². The highest BCUT2D eigenvalue weighted by atomic mass is 32.2. The van der Waals surface area contributed by atoms with Crippen molar-refractivity contribution in [2.75, 3.05) is 17.7 Å². The Labute approximate surface area is 157 Å². The number of carbonyl (C=O) groups excluding carboxylic acids is 2. The number of nitrogens with one attached hydrogen (secondary N) is 1. The van der Waals surface area contributed by atoms with E-state index < -0.39 is 24.3 Å². The van der Waals surface area contributed by atoms with Crippen LogP contribution in [0.3, 0.4) is 0 Å². The number of benzene rings is 2. The van der Waals surface area contributed by atoms with Gasteiger partial charge in [-0.05, 0) is 24.3 Å². The minimum Gasteiger partial charge on any atom is -0.455 e. The molecule has 1 N–H and O–H groups in total. The average molecular weight is 387 g/mol. The molecule has 0 unspecified atom stereocenters. The molecule has 138 valence electrons. The molecule has 0 aliphatic heterocycles. The first-order valence-electron chi connectivity index (χ1n) is 7.83.